The fraction of sp³-hybridized carbons (Fsp3) is 0.500. The van der Waals surface area contributed by atoms with E-state index in [2.05, 4.69) is 16.2 Å². The number of carbonyl (C=O) groups excluding carboxylic acids is 1. The van der Waals surface area contributed by atoms with Crippen LogP contribution in [0, 0.1) is 32.1 Å². The van der Waals surface area contributed by atoms with Crippen LogP contribution >= 0.6 is 0 Å². The molecule has 0 N–H and O–H groups in total. The van der Waals surface area contributed by atoms with E-state index in [0.29, 0.717) is 16.9 Å². The summed E-state index contributed by atoms with van der Waals surface area (Å²) in [6.45, 7) is 5.65. The summed E-state index contributed by atoms with van der Waals surface area (Å²) < 4.78 is 1.70. The van der Waals surface area contributed by atoms with E-state index in [-0.39, 0.29) is 5.91 Å². The van der Waals surface area contributed by atoms with Gasteiger partial charge in [0.1, 0.15) is 11.1 Å². The van der Waals surface area contributed by atoms with Crippen molar-refractivity contribution in [1.29, 1.82) is 5.26 Å². The average molecular weight is 297 g/mol. The van der Waals surface area contributed by atoms with Gasteiger partial charge in [-0.2, -0.15) is 10.4 Å². The summed E-state index contributed by atoms with van der Waals surface area (Å²) in [7, 11) is 1.70. The van der Waals surface area contributed by atoms with Gasteiger partial charge >= 0.3 is 0 Å². The summed E-state index contributed by atoms with van der Waals surface area (Å²) in [5, 5.41) is 13.9. The summed E-state index contributed by atoms with van der Waals surface area (Å²) in [5.41, 5.74) is 2.82. The van der Waals surface area contributed by atoms with E-state index in [1.807, 2.05) is 26.8 Å². The molecule has 114 valence electrons. The van der Waals surface area contributed by atoms with Crippen molar-refractivity contribution in [3.05, 3.63) is 28.7 Å². The number of hydrogen-bond donors (Lipinski definition) is 0. The zero-order valence-corrected chi connectivity index (χ0v) is 13.3. The van der Waals surface area contributed by atoms with Crippen LogP contribution in [0.1, 0.15) is 46.7 Å². The third kappa shape index (κ3) is 1.89. The summed E-state index contributed by atoms with van der Waals surface area (Å²) in [6, 6.07) is 4.24. The molecule has 1 saturated carbocycles. The van der Waals surface area contributed by atoms with Crippen molar-refractivity contribution >= 4 is 11.6 Å². The average Bonchev–Trinajstić information content (AvgIpc) is 2.74. The van der Waals surface area contributed by atoms with Crippen LogP contribution in [0.15, 0.2) is 6.07 Å². The van der Waals surface area contributed by atoms with Crippen LogP contribution < -0.4 is 0 Å². The van der Waals surface area contributed by atoms with Crippen molar-refractivity contribution in [2.75, 3.05) is 7.05 Å². The zero-order chi connectivity index (χ0) is 16.1. The topological polar surface area (TPSA) is 74.3 Å². The van der Waals surface area contributed by atoms with Gasteiger partial charge in [-0.15, -0.1) is 0 Å². The van der Waals surface area contributed by atoms with Crippen molar-refractivity contribution < 1.29 is 4.79 Å². The van der Waals surface area contributed by atoms with Gasteiger partial charge in [-0.3, -0.25) is 4.79 Å². The van der Waals surface area contributed by atoms with Gasteiger partial charge in [0.25, 0.3) is 5.91 Å². The number of hydrogen-bond acceptors (Lipinski definition) is 4. The summed E-state index contributed by atoms with van der Waals surface area (Å²) in [6.07, 6.45) is 2.44. The highest BCUT2D eigenvalue weighted by atomic mass is 16.2. The number of nitrogens with zero attached hydrogens (tertiary/aromatic N) is 5. The van der Waals surface area contributed by atoms with Crippen LogP contribution in [0.4, 0.5) is 0 Å². The Labute approximate surface area is 129 Å². The molecule has 2 aromatic rings. The zero-order valence-electron chi connectivity index (χ0n) is 13.3. The predicted octanol–water partition coefficient (Wildman–Crippen LogP) is 2.17. The van der Waals surface area contributed by atoms with Crippen molar-refractivity contribution in [2.45, 2.75) is 45.6 Å². The minimum absolute atomic E-state index is 0.175. The smallest absolute Gasteiger partial charge is 0.260 e. The van der Waals surface area contributed by atoms with Gasteiger partial charge in [0, 0.05) is 18.4 Å². The number of aryl methyl sites for hydroxylation is 3. The van der Waals surface area contributed by atoms with Gasteiger partial charge in [-0.1, -0.05) is 0 Å². The summed E-state index contributed by atoms with van der Waals surface area (Å²) in [5.74, 6) is -0.175. The van der Waals surface area contributed by atoms with Gasteiger partial charge in [-0.25, -0.2) is 9.50 Å². The molecule has 1 amide bonds. The fourth-order valence-corrected chi connectivity index (χ4v) is 3.07. The van der Waals surface area contributed by atoms with Crippen LogP contribution in [-0.2, 0) is 0 Å². The first kappa shape index (κ1) is 14.5. The predicted molar refractivity (Wildman–Crippen MR) is 81.5 cm³/mol. The molecule has 3 rings (SSSR count). The standard InChI is InChI=1S/C16H19N5O/c1-10-8-11(2)21-14(18-10)13(12(3)19-21)15(22)20(4)16(9-17)6-5-7-16/h8H,5-7H2,1-4H3. The Bertz CT molecular complexity index is 810. The molecule has 1 aliphatic rings. The van der Waals surface area contributed by atoms with Gasteiger partial charge in [0.05, 0.1) is 11.8 Å². The van der Waals surface area contributed by atoms with E-state index in [9.17, 15) is 10.1 Å². The second-order valence-electron chi connectivity index (χ2n) is 6.10. The summed E-state index contributed by atoms with van der Waals surface area (Å²) in [4.78, 5) is 19.0. The van der Waals surface area contributed by atoms with Gasteiger partial charge in [0.15, 0.2) is 5.65 Å². The molecule has 0 unspecified atom stereocenters. The third-order valence-corrected chi connectivity index (χ3v) is 4.62. The molecule has 2 aromatic heterocycles. The molecule has 6 nitrogen and oxygen atoms in total. The molecule has 1 aliphatic carbocycles. The van der Waals surface area contributed by atoms with Crippen LogP contribution in [-0.4, -0.2) is 38.0 Å². The molecule has 22 heavy (non-hydrogen) atoms. The molecule has 6 heteroatoms. The number of nitriles is 1. The molecule has 0 aromatic carbocycles. The molecular weight excluding hydrogens is 278 g/mol. The monoisotopic (exact) mass is 297 g/mol. The maximum Gasteiger partial charge on any atom is 0.260 e. The first-order chi connectivity index (χ1) is 10.4. The van der Waals surface area contributed by atoms with Crippen molar-refractivity contribution in [3.63, 3.8) is 0 Å². The van der Waals surface area contributed by atoms with E-state index in [0.717, 1.165) is 30.7 Å². The lowest BCUT2D eigenvalue weighted by molar-refractivity contribution is 0.0498. The lowest BCUT2D eigenvalue weighted by Gasteiger charge is -2.42. The van der Waals surface area contributed by atoms with Crippen molar-refractivity contribution in [2.24, 2.45) is 0 Å². The number of rotatable bonds is 2. The van der Waals surface area contributed by atoms with E-state index in [4.69, 9.17) is 0 Å². The fourth-order valence-electron chi connectivity index (χ4n) is 3.07. The molecular formula is C16H19N5O. The minimum atomic E-state index is -0.670. The van der Waals surface area contributed by atoms with Crippen LogP contribution in [0.3, 0.4) is 0 Å². The number of aromatic nitrogens is 3. The molecule has 0 saturated heterocycles. The number of fused-ring (bicyclic) bond motifs is 1. The lowest BCUT2D eigenvalue weighted by atomic mass is 9.76. The van der Waals surface area contributed by atoms with E-state index in [1.54, 1.807) is 16.5 Å². The second kappa shape index (κ2) is 4.80. The maximum absolute atomic E-state index is 12.9. The van der Waals surface area contributed by atoms with Crippen LogP contribution in [0.5, 0.6) is 0 Å². The second-order valence-corrected chi connectivity index (χ2v) is 6.10. The van der Waals surface area contributed by atoms with E-state index in [1.165, 1.54) is 0 Å². The maximum atomic E-state index is 12.9. The van der Waals surface area contributed by atoms with Crippen molar-refractivity contribution in [3.8, 4) is 6.07 Å². The molecule has 0 radical (unpaired) electrons. The SMILES string of the molecule is Cc1cc(C)n2nc(C)c(C(=O)N(C)C3(C#N)CCC3)c2n1. The largest absolute Gasteiger partial charge is 0.323 e. The molecule has 1 fully saturated rings. The van der Waals surface area contributed by atoms with Crippen LogP contribution in [0.25, 0.3) is 5.65 Å². The molecule has 2 heterocycles. The van der Waals surface area contributed by atoms with Crippen LogP contribution in [0.2, 0.25) is 0 Å². The van der Waals surface area contributed by atoms with E-state index < -0.39 is 5.54 Å². The van der Waals surface area contributed by atoms with Crippen molar-refractivity contribution in [1.82, 2.24) is 19.5 Å². The van der Waals surface area contributed by atoms with Gasteiger partial charge in [0.2, 0.25) is 0 Å². The first-order valence-corrected chi connectivity index (χ1v) is 7.42. The lowest BCUT2D eigenvalue weighted by Crippen LogP contribution is -2.53. The summed E-state index contributed by atoms with van der Waals surface area (Å²) >= 11 is 0. The first-order valence-electron chi connectivity index (χ1n) is 7.42. The quantitative estimate of drug-likeness (QED) is 0.851. The highest BCUT2D eigenvalue weighted by molar-refractivity contribution is 6.01. The number of amides is 1. The Morgan fingerprint density at radius 1 is 1.41 bits per heavy atom. The minimum Gasteiger partial charge on any atom is -0.323 e. The Kier molecular flexibility index (Phi) is 3.17. The van der Waals surface area contributed by atoms with Gasteiger partial charge < -0.3 is 4.90 Å². The van der Waals surface area contributed by atoms with E-state index >= 15 is 0 Å². The molecule has 0 aliphatic heterocycles. The number of carbonyl (C=O) groups is 1. The molecule has 0 atom stereocenters. The van der Waals surface area contributed by atoms with Gasteiger partial charge in [-0.05, 0) is 46.1 Å². The normalized spacial score (nSPS) is 16.1. The molecule has 0 bridgehead atoms. The Hall–Kier alpha value is -2.42. The Balaban J connectivity index is 2.12. The Morgan fingerprint density at radius 2 is 2.09 bits per heavy atom. The molecule has 0 spiro atoms. The highest BCUT2D eigenvalue weighted by Gasteiger charge is 2.44. The highest BCUT2D eigenvalue weighted by Crippen LogP contribution is 2.37. The third-order valence-electron chi connectivity index (χ3n) is 4.62. The Morgan fingerprint density at radius 3 is 2.64 bits per heavy atom.